The van der Waals surface area contributed by atoms with E-state index in [0.29, 0.717) is 25.4 Å². The van der Waals surface area contributed by atoms with Crippen molar-refractivity contribution in [2.45, 2.75) is 45.1 Å². The summed E-state index contributed by atoms with van der Waals surface area (Å²) in [6, 6.07) is 6.18. The fraction of sp³-hybridized carbons (Fsp3) is 0.562. The third kappa shape index (κ3) is 2.86. The Balaban J connectivity index is 2.29. The molecule has 0 aliphatic heterocycles. The molecule has 1 fully saturated rings. The SMILES string of the molecule is CCOC1(C(=O)c2ccccc2F)CCC(C)CC1. The minimum atomic E-state index is -0.816. The molecule has 3 heteroatoms. The highest BCUT2D eigenvalue weighted by Gasteiger charge is 2.42. The molecular formula is C16H21FO2. The zero-order valence-corrected chi connectivity index (χ0v) is 11.6. The molecular weight excluding hydrogens is 243 g/mol. The molecule has 0 saturated heterocycles. The van der Waals surface area contributed by atoms with Crippen LogP contribution in [-0.4, -0.2) is 18.0 Å². The molecule has 1 aromatic carbocycles. The summed E-state index contributed by atoms with van der Waals surface area (Å²) in [7, 11) is 0. The monoisotopic (exact) mass is 264 g/mol. The molecule has 0 bridgehead atoms. The first-order chi connectivity index (χ1) is 9.09. The van der Waals surface area contributed by atoms with E-state index in [9.17, 15) is 9.18 Å². The Morgan fingerprint density at radius 2 is 2.00 bits per heavy atom. The number of rotatable bonds is 4. The number of benzene rings is 1. The van der Waals surface area contributed by atoms with Crippen LogP contribution in [0.2, 0.25) is 0 Å². The quantitative estimate of drug-likeness (QED) is 0.768. The molecule has 1 saturated carbocycles. The van der Waals surface area contributed by atoms with E-state index in [4.69, 9.17) is 4.74 Å². The van der Waals surface area contributed by atoms with Crippen molar-refractivity contribution in [1.29, 1.82) is 0 Å². The lowest BCUT2D eigenvalue weighted by Gasteiger charge is -2.37. The van der Waals surface area contributed by atoms with Crippen molar-refractivity contribution in [3.8, 4) is 0 Å². The number of halogens is 1. The standard InChI is InChI=1S/C16H21FO2/c1-3-19-16(10-8-12(2)9-11-16)15(18)13-6-4-5-7-14(13)17/h4-7,12H,3,8-11H2,1-2H3. The van der Waals surface area contributed by atoms with Crippen molar-refractivity contribution >= 4 is 5.78 Å². The highest BCUT2D eigenvalue weighted by atomic mass is 19.1. The van der Waals surface area contributed by atoms with Crippen LogP contribution in [0.15, 0.2) is 24.3 Å². The van der Waals surface area contributed by atoms with Gasteiger partial charge in [-0.1, -0.05) is 19.1 Å². The van der Waals surface area contributed by atoms with Crippen LogP contribution in [0.4, 0.5) is 4.39 Å². The number of carbonyl (C=O) groups excluding carboxylic acids is 1. The van der Waals surface area contributed by atoms with E-state index >= 15 is 0 Å². The van der Waals surface area contributed by atoms with Gasteiger partial charge in [0.25, 0.3) is 0 Å². The van der Waals surface area contributed by atoms with Crippen molar-refractivity contribution < 1.29 is 13.9 Å². The third-order valence-corrected chi connectivity index (χ3v) is 4.03. The minimum Gasteiger partial charge on any atom is -0.367 e. The van der Waals surface area contributed by atoms with Crippen molar-refractivity contribution in [2.24, 2.45) is 5.92 Å². The largest absolute Gasteiger partial charge is 0.367 e. The summed E-state index contributed by atoms with van der Waals surface area (Å²) in [6.07, 6.45) is 3.30. The number of ketones is 1. The van der Waals surface area contributed by atoms with Crippen LogP contribution in [0.3, 0.4) is 0 Å². The van der Waals surface area contributed by atoms with Crippen LogP contribution < -0.4 is 0 Å². The fourth-order valence-electron chi connectivity index (χ4n) is 2.83. The minimum absolute atomic E-state index is 0.158. The summed E-state index contributed by atoms with van der Waals surface area (Å²) in [5, 5.41) is 0. The Labute approximate surface area is 114 Å². The lowest BCUT2D eigenvalue weighted by Crippen LogP contribution is -2.45. The average molecular weight is 264 g/mol. The van der Waals surface area contributed by atoms with Crippen molar-refractivity contribution in [3.63, 3.8) is 0 Å². The second-order valence-corrected chi connectivity index (χ2v) is 5.42. The van der Waals surface area contributed by atoms with Gasteiger partial charge in [-0.2, -0.15) is 0 Å². The first-order valence-electron chi connectivity index (χ1n) is 7.02. The first kappa shape index (κ1) is 14.2. The number of ether oxygens (including phenoxy) is 1. The molecule has 0 atom stereocenters. The van der Waals surface area contributed by atoms with E-state index in [-0.39, 0.29) is 11.3 Å². The third-order valence-electron chi connectivity index (χ3n) is 4.03. The van der Waals surface area contributed by atoms with Crippen LogP contribution in [0.25, 0.3) is 0 Å². The highest BCUT2D eigenvalue weighted by molar-refractivity contribution is 6.02. The van der Waals surface area contributed by atoms with Crippen LogP contribution in [0, 0.1) is 11.7 Å². The highest BCUT2D eigenvalue weighted by Crippen LogP contribution is 2.37. The Bertz CT molecular complexity index is 448. The topological polar surface area (TPSA) is 26.3 Å². The van der Waals surface area contributed by atoms with Gasteiger partial charge in [0.1, 0.15) is 11.4 Å². The predicted molar refractivity (Wildman–Crippen MR) is 72.7 cm³/mol. The fourth-order valence-corrected chi connectivity index (χ4v) is 2.83. The molecule has 0 spiro atoms. The molecule has 0 aromatic heterocycles. The molecule has 0 amide bonds. The summed E-state index contributed by atoms with van der Waals surface area (Å²) in [5.74, 6) is -0.0356. The van der Waals surface area contributed by atoms with Gasteiger partial charge in [-0.3, -0.25) is 4.79 Å². The van der Waals surface area contributed by atoms with Crippen LogP contribution >= 0.6 is 0 Å². The molecule has 0 N–H and O–H groups in total. The van der Waals surface area contributed by atoms with Crippen LogP contribution in [0.1, 0.15) is 49.9 Å². The molecule has 2 rings (SSSR count). The summed E-state index contributed by atoms with van der Waals surface area (Å²) >= 11 is 0. The van der Waals surface area contributed by atoms with Gasteiger partial charge in [0.05, 0.1) is 5.56 Å². The van der Waals surface area contributed by atoms with Gasteiger partial charge in [-0.05, 0) is 50.7 Å². The number of hydrogen-bond donors (Lipinski definition) is 0. The zero-order valence-electron chi connectivity index (χ0n) is 11.6. The summed E-state index contributed by atoms with van der Waals surface area (Å²) in [5.41, 5.74) is -0.658. The summed E-state index contributed by atoms with van der Waals surface area (Å²) in [4.78, 5) is 12.7. The van der Waals surface area contributed by atoms with Gasteiger partial charge < -0.3 is 4.74 Å². The van der Waals surface area contributed by atoms with Gasteiger partial charge in [0.15, 0.2) is 5.78 Å². The maximum Gasteiger partial charge on any atom is 0.197 e. The van der Waals surface area contributed by atoms with Crippen molar-refractivity contribution in [2.75, 3.05) is 6.61 Å². The average Bonchev–Trinajstić information content (AvgIpc) is 2.42. The van der Waals surface area contributed by atoms with Gasteiger partial charge in [-0.15, -0.1) is 0 Å². The van der Waals surface area contributed by atoms with E-state index in [2.05, 4.69) is 6.92 Å². The summed E-state index contributed by atoms with van der Waals surface area (Å²) < 4.78 is 19.6. The molecule has 2 nitrogen and oxygen atoms in total. The molecule has 1 aliphatic carbocycles. The van der Waals surface area contributed by atoms with Gasteiger partial charge in [-0.25, -0.2) is 4.39 Å². The maximum atomic E-state index is 13.8. The van der Waals surface area contributed by atoms with Crippen molar-refractivity contribution in [1.82, 2.24) is 0 Å². The second-order valence-electron chi connectivity index (χ2n) is 5.42. The first-order valence-corrected chi connectivity index (χ1v) is 7.02. The molecule has 0 heterocycles. The Morgan fingerprint density at radius 1 is 1.37 bits per heavy atom. The smallest absolute Gasteiger partial charge is 0.197 e. The molecule has 1 aliphatic rings. The molecule has 0 radical (unpaired) electrons. The van der Waals surface area contributed by atoms with E-state index in [1.165, 1.54) is 6.07 Å². The van der Waals surface area contributed by atoms with Crippen molar-refractivity contribution in [3.05, 3.63) is 35.6 Å². The summed E-state index contributed by atoms with van der Waals surface area (Å²) in [6.45, 7) is 4.55. The maximum absolute atomic E-state index is 13.8. The van der Waals surface area contributed by atoms with E-state index in [0.717, 1.165) is 12.8 Å². The zero-order chi connectivity index (χ0) is 13.9. The van der Waals surface area contributed by atoms with E-state index < -0.39 is 11.4 Å². The number of carbonyl (C=O) groups is 1. The Hall–Kier alpha value is -1.22. The molecule has 1 aromatic rings. The lowest BCUT2D eigenvalue weighted by molar-refractivity contribution is -0.0476. The predicted octanol–water partition coefficient (Wildman–Crippen LogP) is 3.99. The second kappa shape index (κ2) is 5.83. The van der Waals surface area contributed by atoms with E-state index in [1.807, 2.05) is 6.92 Å². The van der Waals surface area contributed by atoms with Gasteiger partial charge >= 0.3 is 0 Å². The molecule has 0 unspecified atom stereocenters. The Morgan fingerprint density at radius 3 is 2.58 bits per heavy atom. The van der Waals surface area contributed by atoms with Gasteiger partial charge in [0.2, 0.25) is 0 Å². The molecule has 104 valence electrons. The number of Topliss-reactive ketones (excluding diaryl/α,β-unsaturated/α-hetero) is 1. The lowest BCUT2D eigenvalue weighted by atomic mass is 9.75. The van der Waals surface area contributed by atoms with E-state index in [1.54, 1.807) is 18.2 Å². The van der Waals surface area contributed by atoms with Crippen LogP contribution in [-0.2, 0) is 4.74 Å². The molecule has 19 heavy (non-hydrogen) atoms. The Kier molecular flexibility index (Phi) is 4.35. The van der Waals surface area contributed by atoms with Gasteiger partial charge in [0, 0.05) is 6.61 Å². The van der Waals surface area contributed by atoms with Crippen LogP contribution in [0.5, 0.6) is 0 Å². The number of hydrogen-bond acceptors (Lipinski definition) is 2. The normalized spacial score (nSPS) is 27.2.